The van der Waals surface area contributed by atoms with Gasteiger partial charge in [-0.2, -0.15) is 0 Å². The first-order chi connectivity index (χ1) is 12.0. The van der Waals surface area contributed by atoms with Gasteiger partial charge in [0.05, 0.1) is 0 Å². The Bertz CT molecular complexity index is 653. The molecule has 0 spiro atoms. The van der Waals surface area contributed by atoms with Crippen molar-refractivity contribution in [2.24, 2.45) is 0 Å². The zero-order valence-corrected chi connectivity index (χ0v) is 15.7. The Labute approximate surface area is 151 Å². The third-order valence-electron chi connectivity index (χ3n) is 4.35. The molecule has 0 unspecified atom stereocenters. The van der Waals surface area contributed by atoms with Crippen LogP contribution in [-0.2, 0) is 0 Å². The highest BCUT2D eigenvalue weighted by molar-refractivity contribution is 5.94. The molecule has 1 amide bonds. The molecule has 4 nitrogen and oxygen atoms in total. The van der Waals surface area contributed by atoms with Crippen LogP contribution in [0.1, 0.15) is 31.1 Å². The summed E-state index contributed by atoms with van der Waals surface area (Å²) in [5.41, 5.74) is 3.00. The lowest BCUT2D eigenvalue weighted by Crippen LogP contribution is -2.33. The number of amides is 1. The Morgan fingerprint density at radius 2 is 1.64 bits per heavy atom. The summed E-state index contributed by atoms with van der Waals surface area (Å²) in [4.78, 5) is 16.7. The first-order valence-corrected chi connectivity index (χ1v) is 8.94. The van der Waals surface area contributed by atoms with Gasteiger partial charge in [-0.1, -0.05) is 18.2 Å². The Morgan fingerprint density at radius 1 is 1.00 bits per heavy atom. The molecular weight excluding hydrogens is 310 g/mol. The number of likely N-dealkylation sites (N-methyl/N-ethyl adjacent to an activating group) is 1. The summed E-state index contributed by atoms with van der Waals surface area (Å²) in [6, 6.07) is 18.4. The molecule has 0 heterocycles. The van der Waals surface area contributed by atoms with Gasteiger partial charge in [0, 0.05) is 49.7 Å². The molecule has 0 aliphatic carbocycles. The third kappa shape index (κ3) is 5.24. The maximum atomic E-state index is 12.3. The largest absolute Gasteiger partial charge is 0.373 e. The second-order valence-corrected chi connectivity index (χ2v) is 6.44. The number of rotatable bonds is 8. The van der Waals surface area contributed by atoms with Crippen LogP contribution in [0.25, 0.3) is 0 Å². The minimum atomic E-state index is -0.0272. The molecule has 25 heavy (non-hydrogen) atoms. The fourth-order valence-corrected chi connectivity index (χ4v) is 2.90. The van der Waals surface area contributed by atoms with Crippen molar-refractivity contribution in [3.63, 3.8) is 0 Å². The lowest BCUT2D eigenvalue weighted by molar-refractivity contribution is 0.0955. The van der Waals surface area contributed by atoms with Crippen molar-refractivity contribution in [2.75, 3.05) is 36.5 Å². The summed E-state index contributed by atoms with van der Waals surface area (Å²) in [5.74, 6) is -0.0272. The van der Waals surface area contributed by atoms with E-state index in [-0.39, 0.29) is 5.91 Å². The molecule has 0 atom stereocenters. The van der Waals surface area contributed by atoms with Crippen LogP contribution in [0, 0.1) is 0 Å². The van der Waals surface area contributed by atoms with Gasteiger partial charge in [-0.3, -0.25) is 4.79 Å². The van der Waals surface area contributed by atoms with Gasteiger partial charge in [0.25, 0.3) is 5.91 Å². The van der Waals surface area contributed by atoms with Crippen LogP contribution in [0.2, 0.25) is 0 Å². The van der Waals surface area contributed by atoms with E-state index in [1.807, 2.05) is 49.5 Å². The molecule has 0 aliphatic rings. The smallest absolute Gasteiger partial charge is 0.251 e. The standard InChI is InChI=1S/C21H29N3O/c1-5-24(17(2)3)20-13-11-18(12-14-20)21(25)22-15-16-23(4)19-9-7-6-8-10-19/h6-14,17H,5,15-16H2,1-4H3,(H,22,25). The first kappa shape index (κ1) is 18.8. The van der Waals surface area contributed by atoms with Crippen molar-refractivity contribution < 1.29 is 4.79 Å². The van der Waals surface area contributed by atoms with E-state index < -0.39 is 0 Å². The predicted octanol–water partition coefficient (Wildman–Crippen LogP) is 3.79. The second-order valence-electron chi connectivity index (χ2n) is 6.44. The second kappa shape index (κ2) is 9.11. The van der Waals surface area contributed by atoms with E-state index in [2.05, 4.69) is 48.0 Å². The van der Waals surface area contributed by atoms with E-state index in [4.69, 9.17) is 0 Å². The number of nitrogens with one attached hydrogen (secondary N) is 1. The number of hydrogen-bond acceptors (Lipinski definition) is 3. The summed E-state index contributed by atoms with van der Waals surface area (Å²) >= 11 is 0. The van der Waals surface area contributed by atoms with Gasteiger partial charge in [-0.05, 0) is 57.2 Å². The molecule has 2 rings (SSSR count). The van der Waals surface area contributed by atoms with Gasteiger partial charge < -0.3 is 15.1 Å². The highest BCUT2D eigenvalue weighted by Gasteiger charge is 2.10. The number of hydrogen-bond donors (Lipinski definition) is 1. The summed E-state index contributed by atoms with van der Waals surface area (Å²) in [6.45, 7) is 8.82. The molecule has 2 aromatic carbocycles. The van der Waals surface area contributed by atoms with Crippen molar-refractivity contribution in [1.82, 2.24) is 5.32 Å². The molecule has 0 aromatic heterocycles. The molecule has 4 heteroatoms. The van der Waals surface area contributed by atoms with Crippen LogP contribution < -0.4 is 15.1 Å². The number of anilines is 2. The van der Waals surface area contributed by atoms with Crippen LogP contribution in [0.4, 0.5) is 11.4 Å². The maximum absolute atomic E-state index is 12.3. The van der Waals surface area contributed by atoms with E-state index in [1.54, 1.807) is 0 Å². The third-order valence-corrected chi connectivity index (χ3v) is 4.35. The van der Waals surface area contributed by atoms with Gasteiger partial charge in [-0.15, -0.1) is 0 Å². The number of carbonyl (C=O) groups excluding carboxylic acids is 1. The minimum absolute atomic E-state index is 0.0272. The van der Waals surface area contributed by atoms with Crippen molar-refractivity contribution in [3.05, 3.63) is 60.2 Å². The van der Waals surface area contributed by atoms with Gasteiger partial charge in [-0.25, -0.2) is 0 Å². The molecule has 0 aliphatic heterocycles. The number of para-hydroxylation sites is 1. The monoisotopic (exact) mass is 339 g/mol. The summed E-state index contributed by atoms with van der Waals surface area (Å²) in [5, 5.41) is 2.99. The van der Waals surface area contributed by atoms with E-state index in [9.17, 15) is 4.79 Å². The molecule has 0 bridgehead atoms. The minimum Gasteiger partial charge on any atom is -0.373 e. The van der Waals surface area contributed by atoms with Gasteiger partial charge >= 0.3 is 0 Å². The maximum Gasteiger partial charge on any atom is 0.251 e. The van der Waals surface area contributed by atoms with Crippen molar-refractivity contribution >= 4 is 17.3 Å². The van der Waals surface area contributed by atoms with E-state index in [0.29, 0.717) is 18.2 Å². The molecular formula is C21H29N3O. The first-order valence-electron chi connectivity index (χ1n) is 8.94. The average molecular weight is 339 g/mol. The Hall–Kier alpha value is -2.49. The molecule has 0 radical (unpaired) electrons. The van der Waals surface area contributed by atoms with Gasteiger partial charge in [0.2, 0.25) is 0 Å². The number of nitrogens with zero attached hydrogens (tertiary/aromatic N) is 2. The summed E-state index contributed by atoms with van der Waals surface area (Å²) in [6.07, 6.45) is 0. The average Bonchev–Trinajstić information content (AvgIpc) is 2.63. The molecule has 0 fully saturated rings. The van der Waals surface area contributed by atoms with Crippen molar-refractivity contribution in [3.8, 4) is 0 Å². The summed E-state index contributed by atoms with van der Waals surface area (Å²) in [7, 11) is 2.03. The lowest BCUT2D eigenvalue weighted by Gasteiger charge is -2.27. The zero-order chi connectivity index (χ0) is 18.2. The van der Waals surface area contributed by atoms with Gasteiger partial charge in [0.1, 0.15) is 0 Å². The Morgan fingerprint density at radius 3 is 2.20 bits per heavy atom. The van der Waals surface area contributed by atoms with Crippen molar-refractivity contribution in [2.45, 2.75) is 26.8 Å². The van der Waals surface area contributed by atoms with Gasteiger partial charge in [0.15, 0.2) is 0 Å². The fourth-order valence-electron chi connectivity index (χ4n) is 2.90. The molecule has 0 saturated heterocycles. The fraction of sp³-hybridized carbons (Fsp3) is 0.381. The zero-order valence-electron chi connectivity index (χ0n) is 15.7. The molecule has 134 valence electrons. The lowest BCUT2D eigenvalue weighted by atomic mass is 10.1. The van der Waals surface area contributed by atoms with E-state index in [1.165, 1.54) is 0 Å². The Balaban J connectivity index is 1.86. The quantitative estimate of drug-likeness (QED) is 0.795. The normalized spacial score (nSPS) is 10.6. The summed E-state index contributed by atoms with van der Waals surface area (Å²) < 4.78 is 0. The van der Waals surface area contributed by atoms with Crippen molar-refractivity contribution in [1.29, 1.82) is 0 Å². The predicted molar refractivity (Wildman–Crippen MR) is 107 cm³/mol. The number of benzene rings is 2. The SMILES string of the molecule is CCN(c1ccc(C(=O)NCCN(C)c2ccccc2)cc1)C(C)C. The molecule has 2 aromatic rings. The van der Waals surface area contributed by atoms with Crippen LogP contribution >= 0.6 is 0 Å². The highest BCUT2D eigenvalue weighted by atomic mass is 16.1. The van der Waals surface area contributed by atoms with Crippen LogP contribution in [0.15, 0.2) is 54.6 Å². The van der Waals surface area contributed by atoms with E-state index in [0.717, 1.165) is 24.5 Å². The van der Waals surface area contributed by atoms with Crippen LogP contribution in [0.5, 0.6) is 0 Å². The van der Waals surface area contributed by atoms with Crippen LogP contribution in [-0.4, -0.2) is 38.6 Å². The van der Waals surface area contributed by atoms with E-state index >= 15 is 0 Å². The van der Waals surface area contributed by atoms with Crippen LogP contribution in [0.3, 0.4) is 0 Å². The highest BCUT2D eigenvalue weighted by Crippen LogP contribution is 2.17. The topological polar surface area (TPSA) is 35.6 Å². The Kier molecular flexibility index (Phi) is 6.87. The molecule has 1 N–H and O–H groups in total. The number of carbonyl (C=O) groups is 1. The molecule has 0 saturated carbocycles.